The molecule has 2 aromatic carbocycles. The van der Waals surface area contributed by atoms with Crippen LogP contribution in [-0.2, 0) is 16.0 Å². The lowest BCUT2D eigenvalue weighted by Crippen LogP contribution is -2.38. The molecule has 2 aromatic rings. The molecule has 1 unspecified atom stereocenters. The highest BCUT2D eigenvalue weighted by molar-refractivity contribution is 8.01. The predicted molar refractivity (Wildman–Crippen MR) is 130 cm³/mol. The van der Waals surface area contributed by atoms with E-state index in [0.29, 0.717) is 37.2 Å². The first-order valence-electron chi connectivity index (χ1n) is 11.7. The molecule has 4 rings (SSSR count). The van der Waals surface area contributed by atoms with Crippen LogP contribution in [0, 0.1) is 12.8 Å². The Kier molecular flexibility index (Phi) is 7.77. The highest BCUT2D eigenvalue weighted by atomic mass is 32.2. The number of rotatable bonds is 8. The van der Waals surface area contributed by atoms with Crippen LogP contribution in [-0.4, -0.2) is 47.3 Å². The summed E-state index contributed by atoms with van der Waals surface area (Å²) in [4.78, 5) is 37.1. The van der Waals surface area contributed by atoms with Crippen molar-refractivity contribution in [3.8, 4) is 5.75 Å². The third kappa shape index (κ3) is 6.11. The van der Waals surface area contributed by atoms with Crippen LogP contribution in [0.2, 0.25) is 0 Å². The summed E-state index contributed by atoms with van der Waals surface area (Å²) in [6.07, 6.45) is 3.43. The van der Waals surface area contributed by atoms with Crippen LogP contribution >= 0.6 is 11.8 Å². The van der Waals surface area contributed by atoms with Crippen molar-refractivity contribution in [1.29, 1.82) is 0 Å². The van der Waals surface area contributed by atoms with Gasteiger partial charge in [0.2, 0.25) is 5.91 Å². The second kappa shape index (κ2) is 11.0. The van der Waals surface area contributed by atoms with Gasteiger partial charge in [-0.2, -0.15) is 0 Å². The zero-order chi connectivity index (χ0) is 24.1. The molecule has 0 spiro atoms. The van der Waals surface area contributed by atoms with Gasteiger partial charge in [-0.1, -0.05) is 17.7 Å². The SMILES string of the molecule is Cc1ccc2c(c1)CC(C(=O)NCCNC(=O)c1ccc(OC3CCC(C(=O)O)CC3)cc1)S2. The van der Waals surface area contributed by atoms with Gasteiger partial charge in [-0.05, 0) is 74.9 Å². The third-order valence-electron chi connectivity index (χ3n) is 6.34. The van der Waals surface area contributed by atoms with Gasteiger partial charge in [0, 0.05) is 23.5 Å². The summed E-state index contributed by atoms with van der Waals surface area (Å²) in [7, 11) is 0. The number of hydrogen-bond donors (Lipinski definition) is 3. The van der Waals surface area contributed by atoms with E-state index in [1.807, 2.05) is 0 Å². The van der Waals surface area contributed by atoms with Crippen molar-refractivity contribution in [3.05, 3.63) is 59.2 Å². The smallest absolute Gasteiger partial charge is 0.306 e. The van der Waals surface area contributed by atoms with E-state index < -0.39 is 5.97 Å². The Morgan fingerprint density at radius 2 is 1.71 bits per heavy atom. The van der Waals surface area contributed by atoms with E-state index in [-0.39, 0.29) is 29.1 Å². The van der Waals surface area contributed by atoms with E-state index in [2.05, 4.69) is 35.8 Å². The molecule has 1 aliphatic carbocycles. The fourth-order valence-electron chi connectivity index (χ4n) is 4.41. The fourth-order valence-corrected chi connectivity index (χ4v) is 5.61. The molecule has 0 bridgehead atoms. The maximum atomic E-state index is 12.5. The van der Waals surface area contributed by atoms with E-state index >= 15 is 0 Å². The average molecular weight is 483 g/mol. The first kappa shape index (κ1) is 24.1. The van der Waals surface area contributed by atoms with Crippen molar-refractivity contribution >= 4 is 29.5 Å². The van der Waals surface area contributed by atoms with E-state index in [9.17, 15) is 14.4 Å². The van der Waals surface area contributed by atoms with Gasteiger partial charge in [0.1, 0.15) is 5.75 Å². The van der Waals surface area contributed by atoms with Gasteiger partial charge in [0.05, 0.1) is 17.3 Å². The molecule has 1 atom stereocenters. The Hall–Kier alpha value is -3.00. The molecule has 0 saturated heterocycles. The fraction of sp³-hybridized carbons (Fsp3) is 0.423. The molecule has 2 aliphatic rings. The zero-order valence-corrected chi connectivity index (χ0v) is 20.0. The number of thioether (sulfide) groups is 1. The number of carboxylic acid groups (broad SMARTS) is 1. The minimum atomic E-state index is -0.730. The molecule has 7 nitrogen and oxygen atoms in total. The summed E-state index contributed by atoms with van der Waals surface area (Å²) in [6, 6.07) is 13.2. The molecule has 180 valence electrons. The van der Waals surface area contributed by atoms with Crippen LogP contribution in [0.5, 0.6) is 5.75 Å². The summed E-state index contributed by atoms with van der Waals surface area (Å²) >= 11 is 1.59. The highest BCUT2D eigenvalue weighted by Crippen LogP contribution is 2.37. The second-order valence-corrected chi connectivity index (χ2v) is 10.2. The summed E-state index contributed by atoms with van der Waals surface area (Å²) in [6.45, 7) is 2.77. The van der Waals surface area contributed by atoms with Gasteiger partial charge in [0.25, 0.3) is 5.91 Å². The number of carboxylic acids is 1. The molecule has 0 radical (unpaired) electrons. The number of aryl methyl sites for hydroxylation is 1. The van der Waals surface area contributed by atoms with E-state index in [1.165, 1.54) is 16.0 Å². The van der Waals surface area contributed by atoms with Crippen molar-refractivity contribution in [2.45, 2.75) is 55.3 Å². The quantitative estimate of drug-likeness (QED) is 0.497. The van der Waals surface area contributed by atoms with Gasteiger partial charge in [-0.25, -0.2) is 0 Å². The largest absolute Gasteiger partial charge is 0.490 e. The lowest BCUT2D eigenvalue weighted by Gasteiger charge is -2.26. The normalized spacial score (nSPS) is 21.4. The number of carbonyl (C=O) groups is 3. The number of nitrogens with one attached hydrogen (secondary N) is 2. The summed E-state index contributed by atoms with van der Waals surface area (Å²) < 4.78 is 5.95. The summed E-state index contributed by atoms with van der Waals surface area (Å²) in [5, 5.41) is 14.7. The minimum absolute atomic E-state index is 0.00741. The Bertz CT molecular complexity index is 1050. The molecule has 3 N–H and O–H groups in total. The van der Waals surface area contributed by atoms with Crippen molar-refractivity contribution in [3.63, 3.8) is 0 Å². The Labute approximate surface area is 203 Å². The Morgan fingerprint density at radius 1 is 1.00 bits per heavy atom. The van der Waals surface area contributed by atoms with Crippen LogP contribution in [0.3, 0.4) is 0 Å². The topological polar surface area (TPSA) is 105 Å². The number of fused-ring (bicyclic) bond motifs is 1. The number of benzene rings is 2. The lowest BCUT2D eigenvalue weighted by molar-refractivity contribution is -0.143. The maximum absolute atomic E-state index is 12.5. The number of ether oxygens (including phenoxy) is 1. The number of hydrogen-bond acceptors (Lipinski definition) is 5. The van der Waals surface area contributed by atoms with Crippen molar-refractivity contribution < 1.29 is 24.2 Å². The standard InChI is InChI=1S/C26H30N2O5S/c1-16-2-11-22-19(14-16)15-23(34-22)25(30)28-13-12-27-24(29)17-3-7-20(8-4-17)33-21-9-5-18(6-10-21)26(31)32/h2-4,7-8,11,14,18,21,23H,5-6,9-10,12-13,15H2,1H3,(H,27,29)(H,28,30)(H,31,32). The summed E-state index contributed by atoms with van der Waals surface area (Å²) in [5.41, 5.74) is 2.94. The van der Waals surface area contributed by atoms with Crippen molar-refractivity contribution in [2.75, 3.05) is 13.1 Å². The van der Waals surface area contributed by atoms with Crippen molar-refractivity contribution in [1.82, 2.24) is 10.6 Å². The highest BCUT2D eigenvalue weighted by Gasteiger charge is 2.28. The number of aliphatic carboxylic acids is 1. The Balaban J connectivity index is 1.15. The molecule has 1 heterocycles. The predicted octanol–water partition coefficient (Wildman–Crippen LogP) is 3.58. The second-order valence-electron chi connectivity index (χ2n) is 8.92. The third-order valence-corrected chi connectivity index (χ3v) is 7.65. The molecule has 1 fully saturated rings. The molecule has 2 amide bonds. The molecule has 34 heavy (non-hydrogen) atoms. The van der Waals surface area contributed by atoms with E-state index in [0.717, 1.165) is 19.3 Å². The summed E-state index contributed by atoms with van der Waals surface area (Å²) in [5.74, 6) is -0.541. The van der Waals surface area contributed by atoms with Crippen LogP contribution in [0.4, 0.5) is 0 Å². The zero-order valence-electron chi connectivity index (χ0n) is 19.2. The van der Waals surface area contributed by atoms with Crippen LogP contribution in [0.1, 0.15) is 47.2 Å². The lowest BCUT2D eigenvalue weighted by atomic mass is 9.87. The van der Waals surface area contributed by atoms with Gasteiger partial charge >= 0.3 is 5.97 Å². The maximum Gasteiger partial charge on any atom is 0.306 e. The van der Waals surface area contributed by atoms with Gasteiger partial charge in [-0.3, -0.25) is 14.4 Å². The van der Waals surface area contributed by atoms with Crippen LogP contribution in [0.15, 0.2) is 47.4 Å². The average Bonchev–Trinajstić information content (AvgIpc) is 3.26. The minimum Gasteiger partial charge on any atom is -0.490 e. The molecule has 8 heteroatoms. The molecular formula is C26H30N2O5S. The molecule has 1 saturated carbocycles. The first-order chi connectivity index (χ1) is 16.4. The molecule has 0 aromatic heterocycles. The van der Waals surface area contributed by atoms with Gasteiger partial charge in [0.15, 0.2) is 0 Å². The number of amides is 2. The van der Waals surface area contributed by atoms with Crippen LogP contribution < -0.4 is 15.4 Å². The van der Waals surface area contributed by atoms with Crippen molar-refractivity contribution in [2.24, 2.45) is 5.92 Å². The first-order valence-corrected chi connectivity index (χ1v) is 12.6. The van der Waals surface area contributed by atoms with E-state index in [4.69, 9.17) is 9.84 Å². The molecule has 1 aliphatic heterocycles. The molecular weight excluding hydrogens is 452 g/mol. The Morgan fingerprint density at radius 3 is 2.41 bits per heavy atom. The van der Waals surface area contributed by atoms with E-state index in [1.54, 1.807) is 36.0 Å². The van der Waals surface area contributed by atoms with Crippen LogP contribution in [0.25, 0.3) is 0 Å². The monoisotopic (exact) mass is 482 g/mol. The van der Waals surface area contributed by atoms with Gasteiger partial charge < -0.3 is 20.5 Å². The van der Waals surface area contributed by atoms with Gasteiger partial charge in [-0.15, -0.1) is 11.8 Å². The number of carbonyl (C=O) groups excluding carboxylic acids is 2.